The smallest absolute Gasteiger partial charge is 0.233 e. The molecule has 2 aromatic heterocycles. The maximum absolute atomic E-state index is 11.6. The molecule has 2 aromatic carbocycles. The van der Waals surface area contributed by atoms with Crippen LogP contribution in [0.2, 0.25) is 0 Å². The van der Waals surface area contributed by atoms with Gasteiger partial charge in [0.2, 0.25) is 11.9 Å². The van der Waals surface area contributed by atoms with Crippen LogP contribution in [0.15, 0.2) is 54.7 Å². The summed E-state index contributed by atoms with van der Waals surface area (Å²) >= 11 is 0. The number of anilines is 4. The molecule has 0 bridgehead atoms. The van der Waals surface area contributed by atoms with E-state index in [9.17, 15) is 10.1 Å². The molecule has 0 saturated heterocycles. The highest BCUT2D eigenvalue weighted by atomic mass is 16.1. The molecule has 0 aliphatic carbocycles. The monoisotopic (exact) mass is 423 g/mol. The first-order valence-corrected chi connectivity index (χ1v) is 10.4. The molecule has 5 rings (SSSR count). The van der Waals surface area contributed by atoms with Crippen molar-refractivity contribution in [3.05, 3.63) is 71.4 Å². The van der Waals surface area contributed by atoms with Crippen LogP contribution in [0.5, 0.6) is 0 Å². The Morgan fingerprint density at radius 2 is 2.00 bits per heavy atom. The Morgan fingerprint density at radius 3 is 2.81 bits per heavy atom. The van der Waals surface area contributed by atoms with E-state index in [0.29, 0.717) is 47.7 Å². The van der Waals surface area contributed by atoms with Crippen LogP contribution in [-0.4, -0.2) is 27.9 Å². The first kappa shape index (κ1) is 19.6. The summed E-state index contributed by atoms with van der Waals surface area (Å²) in [4.78, 5) is 26.1. The van der Waals surface area contributed by atoms with Crippen molar-refractivity contribution >= 4 is 40.1 Å². The predicted octanol–water partition coefficient (Wildman–Crippen LogP) is 4.09. The lowest BCUT2D eigenvalue weighted by atomic mass is 10.0. The van der Waals surface area contributed by atoms with Crippen LogP contribution in [0, 0.1) is 11.3 Å². The number of hydrogen-bond acceptors (Lipinski definition) is 6. The fourth-order valence-corrected chi connectivity index (χ4v) is 3.86. The summed E-state index contributed by atoms with van der Waals surface area (Å²) in [6.07, 6.45) is 2.84. The predicted molar refractivity (Wildman–Crippen MR) is 124 cm³/mol. The number of carbonyl (C=O) groups is 1. The van der Waals surface area contributed by atoms with Gasteiger partial charge in [-0.3, -0.25) is 4.79 Å². The first-order chi connectivity index (χ1) is 15.6. The third-order valence-corrected chi connectivity index (χ3v) is 5.61. The van der Waals surface area contributed by atoms with Gasteiger partial charge in [-0.15, -0.1) is 0 Å². The fraction of sp³-hybridized carbons (Fsp3) is 0.167. The normalized spacial score (nSPS) is 12.7. The zero-order chi connectivity index (χ0) is 22.1. The maximum Gasteiger partial charge on any atom is 0.233 e. The Balaban J connectivity index is 1.51. The lowest BCUT2D eigenvalue weighted by Gasteiger charge is -2.22. The standard InChI is InChI=1S/C24H21N7O/c1-31(18-8-9-19-16(11-18)7-10-20(32)28-19)24-29-22(26-13-15-5-3-2-4-6-15)21-17(12-25)14-27-23(21)30-24/h2-6,8-9,11,14H,7,10,13H2,1H3,(H,28,32)(H2,26,27,29,30). The van der Waals surface area contributed by atoms with E-state index in [-0.39, 0.29) is 5.91 Å². The highest BCUT2D eigenvalue weighted by Crippen LogP contribution is 2.32. The molecule has 8 heteroatoms. The van der Waals surface area contributed by atoms with Gasteiger partial charge in [-0.1, -0.05) is 30.3 Å². The van der Waals surface area contributed by atoms with Gasteiger partial charge in [-0.2, -0.15) is 15.2 Å². The van der Waals surface area contributed by atoms with Crippen molar-refractivity contribution in [1.82, 2.24) is 15.0 Å². The van der Waals surface area contributed by atoms with E-state index in [4.69, 9.17) is 4.98 Å². The molecule has 0 radical (unpaired) electrons. The Kier molecular flexibility index (Phi) is 4.92. The third-order valence-electron chi connectivity index (χ3n) is 5.61. The first-order valence-electron chi connectivity index (χ1n) is 10.4. The highest BCUT2D eigenvalue weighted by molar-refractivity contribution is 5.95. The number of nitrogens with one attached hydrogen (secondary N) is 3. The van der Waals surface area contributed by atoms with Crippen molar-refractivity contribution in [3.63, 3.8) is 0 Å². The van der Waals surface area contributed by atoms with Gasteiger partial charge in [0.1, 0.15) is 17.5 Å². The summed E-state index contributed by atoms with van der Waals surface area (Å²) in [6, 6.07) is 18.1. The number of aryl methyl sites for hydroxylation is 1. The molecular formula is C24H21N7O. The lowest BCUT2D eigenvalue weighted by Crippen LogP contribution is -2.20. The van der Waals surface area contributed by atoms with E-state index in [0.717, 1.165) is 22.5 Å². The largest absolute Gasteiger partial charge is 0.365 e. The number of benzene rings is 2. The molecule has 0 fully saturated rings. The molecule has 3 heterocycles. The van der Waals surface area contributed by atoms with Crippen LogP contribution in [0.25, 0.3) is 11.0 Å². The lowest BCUT2D eigenvalue weighted by molar-refractivity contribution is -0.116. The number of fused-ring (bicyclic) bond motifs is 2. The maximum atomic E-state index is 11.6. The summed E-state index contributed by atoms with van der Waals surface area (Å²) in [7, 11) is 1.90. The van der Waals surface area contributed by atoms with Crippen molar-refractivity contribution in [2.75, 3.05) is 22.6 Å². The third kappa shape index (κ3) is 3.61. The minimum absolute atomic E-state index is 0.0431. The zero-order valence-electron chi connectivity index (χ0n) is 17.5. The molecule has 4 aromatic rings. The van der Waals surface area contributed by atoms with Gasteiger partial charge in [0.25, 0.3) is 0 Å². The van der Waals surface area contributed by atoms with E-state index in [1.807, 2.05) is 54.4 Å². The van der Waals surface area contributed by atoms with E-state index < -0.39 is 0 Å². The molecule has 0 unspecified atom stereocenters. The highest BCUT2D eigenvalue weighted by Gasteiger charge is 2.19. The number of aromatic nitrogens is 3. The SMILES string of the molecule is CN(c1ccc2c(c1)CCC(=O)N2)c1nc(NCc2ccccc2)c2c(C#N)c[nH]c2n1. The summed E-state index contributed by atoms with van der Waals surface area (Å²) in [6.45, 7) is 0.574. The van der Waals surface area contributed by atoms with Gasteiger partial charge in [0.15, 0.2) is 0 Å². The number of aromatic amines is 1. The molecule has 0 spiro atoms. The van der Waals surface area contributed by atoms with Crippen LogP contribution in [0.1, 0.15) is 23.1 Å². The molecule has 0 saturated carbocycles. The van der Waals surface area contributed by atoms with Crippen LogP contribution in [-0.2, 0) is 17.8 Å². The molecule has 1 aliphatic rings. The van der Waals surface area contributed by atoms with E-state index in [2.05, 4.69) is 32.7 Å². The van der Waals surface area contributed by atoms with E-state index in [1.165, 1.54) is 0 Å². The van der Waals surface area contributed by atoms with Crippen molar-refractivity contribution in [2.45, 2.75) is 19.4 Å². The Bertz CT molecular complexity index is 1350. The summed E-state index contributed by atoms with van der Waals surface area (Å²) in [5, 5.41) is 16.5. The van der Waals surface area contributed by atoms with Crippen molar-refractivity contribution in [2.24, 2.45) is 0 Å². The molecule has 0 atom stereocenters. The molecule has 1 aliphatic heterocycles. The Morgan fingerprint density at radius 1 is 1.16 bits per heavy atom. The average molecular weight is 423 g/mol. The van der Waals surface area contributed by atoms with Crippen LogP contribution < -0.4 is 15.5 Å². The molecule has 1 amide bonds. The van der Waals surface area contributed by atoms with Crippen molar-refractivity contribution < 1.29 is 4.79 Å². The minimum atomic E-state index is 0.0431. The second-order valence-corrected chi connectivity index (χ2v) is 7.70. The summed E-state index contributed by atoms with van der Waals surface area (Å²) in [5.41, 5.74) is 5.06. The zero-order valence-corrected chi connectivity index (χ0v) is 17.5. The van der Waals surface area contributed by atoms with Crippen LogP contribution in [0.4, 0.5) is 23.1 Å². The van der Waals surface area contributed by atoms with Crippen LogP contribution >= 0.6 is 0 Å². The van der Waals surface area contributed by atoms with Crippen molar-refractivity contribution in [1.29, 1.82) is 5.26 Å². The van der Waals surface area contributed by atoms with Gasteiger partial charge in [-0.25, -0.2) is 0 Å². The molecule has 3 N–H and O–H groups in total. The van der Waals surface area contributed by atoms with Crippen molar-refractivity contribution in [3.8, 4) is 6.07 Å². The number of nitriles is 1. The number of rotatable bonds is 5. The second-order valence-electron chi connectivity index (χ2n) is 7.70. The number of amides is 1. The summed E-state index contributed by atoms with van der Waals surface area (Å²) < 4.78 is 0. The van der Waals surface area contributed by atoms with Gasteiger partial charge in [0, 0.05) is 37.6 Å². The molecule has 8 nitrogen and oxygen atoms in total. The topological polar surface area (TPSA) is 110 Å². The summed E-state index contributed by atoms with van der Waals surface area (Å²) in [5.74, 6) is 1.14. The fourth-order valence-electron chi connectivity index (χ4n) is 3.86. The van der Waals surface area contributed by atoms with Gasteiger partial charge >= 0.3 is 0 Å². The molecular weight excluding hydrogens is 402 g/mol. The number of carbonyl (C=O) groups excluding carboxylic acids is 1. The van der Waals surface area contributed by atoms with E-state index >= 15 is 0 Å². The quantitative estimate of drug-likeness (QED) is 0.446. The van der Waals surface area contributed by atoms with Gasteiger partial charge in [-0.05, 0) is 35.7 Å². The molecule has 32 heavy (non-hydrogen) atoms. The van der Waals surface area contributed by atoms with Crippen LogP contribution in [0.3, 0.4) is 0 Å². The van der Waals surface area contributed by atoms with E-state index in [1.54, 1.807) is 6.20 Å². The average Bonchev–Trinajstić information content (AvgIpc) is 3.25. The number of nitrogens with zero attached hydrogens (tertiary/aromatic N) is 4. The van der Waals surface area contributed by atoms with Gasteiger partial charge in [0.05, 0.1) is 10.9 Å². The second kappa shape index (κ2) is 8.04. The Hall–Kier alpha value is -4.38. The minimum Gasteiger partial charge on any atom is -0.365 e. The number of H-pyrrole nitrogens is 1. The van der Waals surface area contributed by atoms with Gasteiger partial charge < -0.3 is 20.5 Å². The Labute approximate surface area is 184 Å². The molecule has 158 valence electrons. The number of hydrogen-bond donors (Lipinski definition) is 3.